The van der Waals surface area contributed by atoms with E-state index in [1.807, 2.05) is 30.3 Å². The Labute approximate surface area is 283 Å². The molecule has 0 aliphatic carbocycles. The summed E-state index contributed by atoms with van der Waals surface area (Å²) in [6, 6.07) is 11.3. The lowest BCUT2D eigenvalue weighted by molar-refractivity contribution is -0.139. The first-order valence-corrected chi connectivity index (χ1v) is 16.0. The van der Waals surface area contributed by atoms with Gasteiger partial charge in [-0.15, -0.1) is 5.10 Å². The van der Waals surface area contributed by atoms with Crippen LogP contribution >= 0.6 is 0 Å². The van der Waals surface area contributed by atoms with Gasteiger partial charge in [0.05, 0.1) is 12.2 Å². The third kappa shape index (κ3) is 10.2. The summed E-state index contributed by atoms with van der Waals surface area (Å²) < 4.78 is 1.42. The summed E-state index contributed by atoms with van der Waals surface area (Å²) in [5, 5.41) is 24.6. The van der Waals surface area contributed by atoms with E-state index in [2.05, 4.69) is 42.1 Å². The van der Waals surface area contributed by atoms with Crippen LogP contribution in [0.1, 0.15) is 49.5 Å². The second-order valence-electron chi connectivity index (χ2n) is 12.2. The van der Waals surface area contributed by atoms with Crippen LogP contribution in [-0.4, -0.2) is 105 Å². The largest absolute Gasteiger partial charge is 0.355 e. The van der Waals surface area contributed by atoms with Crippen LogP contribution in [0.4, 0.5) is 0 Å². The van der Waals surface area contributed by atoms with E-state index in [0.717, 1.165) is 5.56 Å². The molecule has 4 atom stereocenters. The summed E-state index contributed by atoms with van der Waals surface area (Å²) in [6.07, 6.45) is 1.99. The molecule has 260 valence electrons. The molecule has 5 N–H and O–H groups in total. The Morgan fingerprint density at radius 3 is 2.31 bits per heavy atom. The van der Waals surface area contributed by atoms with Gasteiger partial charge < -0.3 is 31.5 Å². The molecule has 0 unspecified atom stereocenters. The van der Waals surface area contributed by atoms with Gasteiger partial charge in [0.25, 0.3) is 5.91 Å². The summed E-state index contributed by atoms with van der Waals surface area (Å²) in [5.74, 6) is -3.67. The monoisotopic (exact) mass is 674 g/mol. The number of nitrogens with zero attached hydrogens (tertiary/aromatic N) is 5. The molecule has 1 saturated heterocycles. The third-order valence-corrected chi connectivity index (χ3v) is 8.01. The smallest absolute Gasteiger partial charge is 0.251 e. The topological polar surface area (TPSA) is 209 Å². The number of hydrogen-bond acceptors (Lipinski definition) is 9. The normalized spacial score (nSPS) is 21.9. The van der Waals surface area contributed by atoms with Crippen molar-refractivity contribution in [2.24, 2.45) is 5.92 Å². The van der Waals surface area contributed by atoms with Gasteiger partial charge in [-0.05, 0) is 65.9 Å². The van der Waals surface area contributed by atoms with Crippen molar-refractivity contribution < 1.29 is 28.8 Å². The number of likely N-dealkylation sites (N-methyl/N-ethyl adjacent to an activating group) is 1. The van der Waals surface area contributed by atoms with Crippen LogP contribution in [0.5, 0.6) is 0 Å². The van der Waals surface area contributed by atoms with Gasteiger partial charge in [0, 0.05) is 25.6 Å². The van der Waals surface area contributed by atoms with E-state index < -0.39 is 59.6 Å². The zero-order valence-corrected chi connectivity index (χ0v) is 27.9. The van der Waals surface area contributed by atoms with Crippen LogP contribution in [0.2, 0.25) is 0 Å². The van der Waals surface area contributed by atoms with Crippen molar-refractivity contribution in [3.05, 3.63) is 72.1 Å². The van der Waals surface area contributed by atoms with Crippen molar-refractivity contribution in [3.63, 3.8) is 0 Å². The molecular formula is C33H42N10O6. The lowest BCUT2D eigenvalue weighted by atomic mass is 10.0. The van der Waals surface area contributed by atoms with Crippen molar-refractivity contribution in [2.75, 3.05) is 20.1 Å². The van der Waals surface area contributed by atoms with Crippen molar-refractivity contribution in [1.29, 1.82) is 0 Å². The fourth-order valence-electron chi connectivity index (χ4n) is 5.21. The van der Waals surface area contributed by atoms with Gasteiger partial charge in [0.15, 0.2) is 0 Å². The zero-order valence-electron chi connectivity index (χ0n) is 27.9. The number of tetrazole rings is 1. The summed E-state index contributed by atoms with van der Waals surface area (Å²) in [4.78, 5) is 81.0. The lowest BCUT2D eigenvalue weighted by Gasteiger charge is -2.28. The quantitative estimate of drug-likeness (QED) is 0.228. The van der Waals surface area contributed by atoms with Gasteiger partial charge in [-0.3, -0.25) is 28.8 Å². The van der Waals surface area contributed by atoms with Gasteiger partial charge in [0.2, 0.25) is 29.5 Å². The highest BCUT2D eigenvalue weighted by Gasteiger charge is 2.32. The second kappa shape index (κ2) is 16.9. The second-order valence-corrected chi connectivity index (χ2v) is 12.2. The molecule has 49 heavy (non-hydrogen) atoms. The van der Waals surface area contributed by atoms with Gasteiger partial charge >= 0.3 is 0 Å². The summed E-state index contributed by atoms with van der Waals surface area (Å²) in [7, 11) is 1.47. The van der Waals surface area contributed by atoms with E-state index in [1.54, 1.807) is 38.1 Å². The summed E-state index contributed by atoms with van der Waals surface area (Å²) in [5.41, 5.74) is 1.69. The summed E-state index contributed by atoms with van der Waals surface area (Å²) in [6.45, 7) is 4.82. The molecule has 1 aromatic heterocycles. The minimum atomic E-state index is -1.07. The van der Waals surface area contributed by atoms with Crippen molar-refractivity contribution >= 4 is 35.4 Å². The van der Waals surface area contributed by atoms with E-state index in [0.29, 0.717) is 12.1 Å². The Balaban J connectivity index is 1.53. The molecule has 4 rings (SSSR count). The Morgan fingerprint density at radius 2 is 1.65 bits per heavy atom. The Kier molecular flexibility index (Phi) is 12.5. The fourth-order valence-corrected chi connectivity index (χ4v) is 5.21. The maximum Gasteiger partial charge on any atom is 0.251 e. The lowest BCUT2D eigenvalue weighted by Crippen LogP contribution is -2.59. The predicted molar refractivity (Wildman–Crippen MR) is 177 cm³/mol. The van der Waals surface area contributed by atoms with Crippen molar-refractivity contribution in [1.82, 2.24) is 51.7 Å². The Bertz CT molecular complexity index is 1610. The molecular weight excluding hydrogens is 632 g/mol. The molecule has 1 aliphatic rings. The molecule has 16 nitrogen and oxygen atoms in total. The van der Waals surface area contributed by atoms with Crippen LogP contribution < -0.4 is 26.6 Å². The first kappa shape index (κ1) is 36.2. The molecule has 2 heterocycles. The van der Waals surface area contributed by atoms with E-state index >= 15 is 0 Å². The predicted octanol–water partition coefficient (Wildman–Crippen LogP) is -0.498. The minimum absolute atomic E-state index is 0.125. The SMILES string of the molecule is CC(C)[C@H]1NC(=O)[C@@H](NC(=O)c2ccc(-n3cnnn3)cc2)CCCNC(=O)CN(C)C(=O)[C@H](Cc2ccccc2)NC(=O)[C@@H](C)NC1=O. The molecule has 1 fully saturated rings. The highest BCUT2D eigenvalue weighted by molar-refractivity contribution is 5.99. The highest BCUT2D eigenvalue weighted by Crippen LogP contribution is 2.11. The van der Waals surface area contributed by atoms with E-state index in [-0.39, 0.29) is 37.4 Å². The molecule has 1 aliphatic heterocycles. The number of carbonyl (C=O) groups excluding carboxylic acids is 6. The number of rotatable bonds is 6. The van der Waals surface area contributed by atoms with Crippen LogP contribution in [-0.2, 0) is 30.4 Å². The van der Waals surface area contributed by atoms with E-state index in [9.17, 15) is 28.8 Å². The van der Waals surface area contributed by atoms with Gasteiger partial charge in [-0.25, -0.2) is 4.68 Å². The molecule has 0 saturated carbocycles. The minimum Gasteiger partial charge on any atom is -0.355 e. The molecule has 0 radical (unpaired) electrons. The molecule has 0 bridgehead atoms. The highest BCUT2D eigenvalue weighted by atomic mass is 16.2. The Morgan fingerprint density at radius 1 is 0.939 bits per heavy atom. The Hall–Kier alpha value is -5.67. The average Bonchev–Trinajstić information content (AvgIpc) is 3.63. The maximum absolute atomic E-state index is 13.6. The van der Waals surface area contributed by atoms with Gasteiger partial charge in [0.1, 0.15) is 30.5 Å². The third-order valence-electron chi connectivity index (χ3n) is 8.01. The molecule has 16 heteroatoms. The number of carbonyl (C=O) groups is 6. The van der Waals surface area contributed by atoms with Crippen molar-refractivity contribution in [3.8, 4) is 5.69 Å². The van der Waals surface area contributed by atoms with Gasteiger partial charge in [-0.2, -0.15) is 0 Å². The molecule has 0 spiro atoms. The van der Waals surface area contributed by atoms with Crippen molar-refractivity contribution in [2.45, 2.75) is 64.2 Å². The molecule has 3 aromatic rings. The number of nitrogens with one attached hydrogen (secondary N) is 5. The van der Waals surface area contributed by atoms with Crippen LogP contribution in [0, 0.1) is 5.92 Å². The number of hydrogen-bond donors (Lipinski definition) is 5. The first-order chi connectivity index (χ1) is 23.4. The summed E-state index contributed by atoms with van der Waals surface area (Å²) >= 11 is 0. The molecule has 2 aromatic carbocycles. The van der Waals surface area contributed by atoms with Crippen LogP contribution in [0.3, 0.4) is 0 Å². The van der Waals surface area contributed by atoms with Crippen LogP contribution in [0.15, 0.2) is 60.9 Å². The van der Waals surface area contributed by atoms with Gasteiger partial charge in [-0.1, -0.05) is 44.2 Å². The number of benzene rings is 2. The van der Waals surface area contributed by atoms with E-state index in [4.69, 9.17) is 0 Å². The fraction of sp³-hybridized carbons (Fsp3) is 0.424. The first-order valence-electron chi connectivity index (χ1n) is 16.0. The average molecular weight is 675 g/mol. The zero-order chi connectivity index (χ0) is 35.5. The molecule has 6 amide bonds. The number of aromatic nitrogens is 4. The van der Waals surface area contributed by atoms with E-state index in [1.165, 1.54) is 29.9 Å². The van der Waals surface area contributed by atoms with Crippen LogP contribution in [0.25, 0.3) is 5.69 Å². The maximum atomic E-state index is 13.6. The number of amides is 6. The standard InChI is InChI=1S/C33H42N10O6/c1-20(2)28-32(48)36-21(3)29(45)38-26(17-22-9-6-5-7-10-22)33(49)42(4)18-27(44)34-16-8-11-25(31(47)39-28)37-30(46)23-12-14-24(15-13-23)43-19-35-40-41-43/h5-7,9-10,12-15,19-21,25-26,28H,8,11,16-18H2,1-4H3,(H,34,44)(H,36,48)(H,37,46)(H,38,45)(H,39,47)/t21-,25+,26+,28-/m1/s1.